The quantitative estimate of drug-likeness (QED) is 0.610. The van der Waals surface area contributed by atoms with Crippen LogP contribution in [0.25, 0.3) is 0 Å². The molecule has 0 spiro atoms. The van der Waals surface area contributed by atoms with E-state index in [9.17, 15) is 4.79 Å². The summed E-state index contributed by atoms with van der Waals surface area (Å²) in [5, 5.41) is 9.68. The number of hydrogen-bond donors (Lipinski definition) is 3. The Bertz CT molecular complexity index is 441. The summed E-state index contributed by atoms with van der Waals surface area (Å²) in [7, 11) is 0. The standard InChI is InChI=1S/C17H28N4O.2ClH/c1-14(15-6-4-8-18-13-15)12-17(22)21-11-5-10-20-16-7-2-3-9-19-16;;/h2-3,7,9,14-15,18H,4-6,8,10-13H2,1H3,(H,19,20)(H,21,22);2*1H. The number of hydrogen-bond acceptors (Lipinski definition) is 4. The number of anilines is 1. The number of carbonyl (C=O) groups excluding carboxylic acids is 1. The maximum absolute atomic E-state index is 12.0. The van der Waals surface area contributed by atoms with Crippen molar-refractivity contribution >= 4 is 36.5 Å². The summed E-state index contributed by atoms with van der Waals surface area (Å²) < 4.78 is 0. The Balaban J connectivity index is 0.00000264. The van der Waals surface area contributed by atoms with Gasteiger partial charge in [0, 0.05) is 25.7 Å². The first-order valence-electron chi connectivity index (χ1n) is 8.38. The minimum Gasteiger partial charge on any atom is -0.370 e. The van der Waals surface area contributed by atoms with E-state index in [1.54, 1.807) is 6.20 Å². The van der Waals surface area contributed by atoms with Gasteiger partial charge in [-0.05, 0) is 56.3 Å². The van der Waals surface area contributed by atoms with Gasteiger partial charge in [-0.15, -0.1) is 24.8 Å². The summed E-state index contributed by atoms with van der Waals surface area (Å²) in [6, 6.07) is 5.80. The summed E-state index contributed by atoms with van der Waals surface area (Å²) in [6.07, 6.45) is 5.79. The largest absolute Gasteiger partial charge is 0.370 e. The molecule has 0 aromatic carbocycles. The zero-order chi connectivity index (χ0) is 15.6. The molecule has 5 nitrogen and oxygen atoms in total. The second kappa shape index (κ2) is 13.3. The number of pyridine rings is 1. The molecule has 138 valence electrons. The second-order valence-corrected chi connectivity index (χ2v) is 6.13. The van der Waals surface area contributed by atoms with Gasteiger partial charge >= 0.3 is 0 Å². The van der Waals surface area contributed by atoms with Crippen LogP contribution < -0.4 is 16.0 Å². The highest BCUT2D eigenvalue weighted by Gasteiger charge is 2.21. The molecule has 0 aliphatic carbocycles. The third-order valence-electron chi connectivity index (χ3n) is 4.29. The van der Waals surface area contributed by atoms with Gasteiger partial charge in [0.05, 0.1) is 0 Å². The lowest BCUT2D eigenvalue weighted by molar-refractivity contribution is -0.122. The minimum absolute atomic E-state index is 0. The molecule has 1 saturated heterocycles. The second-order valence-electron chi connectivity index (χ2n) is 6.13. The minimum atomic E-state index is 0. The molecule has 0 radical (unpaired) electrons. The number of nitrogens with zero attached hydrogens (tertiary/aromatic N) is 1. The molecule has 1 aliphatic rings. The Morgan fingerprint density at radius 2 is 2.21 bits per heavy atom. The van der Waals surface area contributed by atoms with Crippen LogP contribution in [0.2, 0.25) is 0 Å². The van der Waals surface area contributed by atoms with E-state index in [0.29, 0.717) is 24.8 Å². The molecule has 0 saturated carbocycles. The van der Waals surface area contributed by atoms with E-state index in [1.807, 2.05) is 18.2 Å². The first-order valence-corrected chi connectivity index (χ1v) is 8.38. The van der Waals surface area contributed by atoms with E-state index in [4.69, 9.17) is 0 Å². The van der Waals surface area contributed by atoms with Crippen LogP contribution in [0.4, 0.5) is 5.82 Å². The van der Waals surface area contributed by atoms with Gasteiger partial charge in [-0.1, -0.05) is 13.0 Å². The highest BCUT2D eigenvalue weighted by Crippen LogP contribution is 2.22. The zero-order valence-corrected chi connectivity index (χ0v) is 15.9. The first-order chi connectivity index (χ1) is 10.8. The number of carbonyl (C=O) groups is 1. The lowest BCUT2D eigenvalue weighted by Crippen LogP contribution is -2.35. The Morgan fingerprint density at radius 1 is 1.38 bits per heavy atom. The van der Waals surface area contributed by atoms with Crippen molar-refractivity contribution in [2.75, 3.05) is 31.5 Å². The van der Waals surface area contributed by atoms with Gasteiger partial charge in [0.1, 0.15) is 5.82 Å². The molecule has 2 unspecified atom stereocenters. The van der Waals surface area contributed by atoms with Crippen LogP contribution in [0.15, 0.2) is 24.4 Å². The molecule has 2 rings (SSSR count). The first kappa shape index (κ1) is 23.0. The van der Waals surface area contributed by atoms with Crippen molar-refractivity contribution in [3.63, 3.8) is 0 Å². The molecule has 1 aromatic rings. The van der Waals surface area contributed by atoms with Crippen molar-refractivity contribution < 1.29 is 4.79 Å². The fourth-order valence-electron chi connectivity index (χ4n) is 2.90. The van der Waals surface area contributed by atoms with E-state index < -0.39 is 0 Å². The van der Waals surface area contributed by atoms with E-state index in [2.05, 4.69) is 27.9 Å². The summed E-state index contributed by atoms with van der Waals surface area (Å²) in [5.74, 6) is 2.16. The van der Waals surface area contributed by atoms with E-state index in [-0.39, 0.29) is 30.7 Å². The number of rotatable bonds is 8. The molecule has 1 fully saturated rings. The molecule has 7 heteroatoms. The summed E-state index contributed by atoms with van der Waals surface area (Å²) in [4.78, 5) is 16.2. The van der Waals surface area contributed by atoms with Crippen molar-refractivity contribution in [1.29, 1.82) is 0 Å². The molecular weight excluding hydrogens is 347 g/mol. The maximum atomic E-state index is 12.0. The molecular formula is C17H30Cl2N4O. The van der Waals surface area contributed by atoms with Crippen molar-refractivity contribution in [2.24, 2.45) is 11.8 Å². The molecule has 1 aromatic heterocycles. The SMILES string of the molecule is CC(CC(=O)NCCCNc1ccccn1)C1CCCNC1.Cl.Cl. The highest BCUT2D eigenvalue weighted by molar-refractivity contribution is 5.85. The van der Waals surface area contributed by atoms with Gasteiger partial charge in [-0.2, -0.15) is 0 Å². The predicted molar refractivity (Wildman–Crippen MR) is 104 cm³/mol. The van der Waals surface area contributed by atoms with Gasteiger partial charge in [-0.25, -0.2) is 4.98 Å². The van der Waals surface area contributed by atoms with E-state index in [1.165, 1.54) is 12.8 Å². The van der Waals surface area contributed by atoms with Crippen molar-refractivity contribution in [2.45, 2.75) is 32.6 Å². The number of aromatic nitrogens is 1. The van der Waals surface area contributed by atoms with Crippen molar-refractivity contribution in [3.05, 3.63) is 24.4 Å². The number of amides is 1. The average Bonchev–Trinajstić information content (AvgIpc) is 2.56. The summed E-state index contributed by atoms with van der Waals surface area (Å²) in [6.45, 7) is 5.91. The topological polar surface area (TPSA) is 66.0 Å². The van der Waals surface area contributed by atoms with E-state index in [0.717, 1.165) is 31.9 Å². The highest BCUT2D eigenvalue weighted by atomic mass is 35.5. The molecule has 3 N–H and O–H groups in total. The van der Waals surface area contributed by atoms with E-state index >= 15 is 0 Å². The van der Waals surface area contributed by atoms with Crippen LogP contribution in [0.5, 0.6) is 0 Å². The Labute approximate surface area is 157 Å². The molecule has 2 heterocycles. The molecule has 1 amide bonds. The summed E-state index contributed by atoms with van der Waals surface area (Å²) >= 11 is 0. The fraction of sp³-hybridized carbons (Fsp3) is 0.647. The monoisotopic (exact) mass is 376 g/mol. The fourth-order valence-corrected chi connectivity index (χ4v) is 2.90. The lowest BCUT2D eigenvalue weighted by atomic mass is 9.85. The third kappa shape index (κ3) is 8.71. The Hall–Kier alpha value is -1.04. The Kier molecular flexibility index (Phi) is 12.7. The van der Waals surface area contributed by atoms with Crippen molar-refractivity contribution in [1.82, 2.24) is 15.6 Å². The lowest BCUT2D eigenvalue weighted by Gasteiger charge is -2.28. The van der Waals surface area contributed by atoms with Gasteiger partial charge in [0.2, 0.25) is 5.91 Å². The van der Waals surface area contributed by atoms with Crippen LogP contribution in [-0.4, -0.2) is 37.1 Å². The van der Waals surface area contributed by atoms with Crippen molar-refractivity contribution in [3.8, 4) is 0 Å². The summed E-state index contributed by atoms with van der Waals surface area (Å²) in [5.41, 5.74) is 0. The predicted octanol–water partition coefficient (Wildman–Crippen LogP) is 2.87. The number of piperidine rings is 1. The van der Waals surface area contributed by atoms with Gasteiger partial charge < -0.3 is 16.0 Å². The molecule has 1 aliphatic heterocycles. The van der Waals surface area contributed by atoms with Crippen LogP contribution >= 0.6 is 24.8 Å². The van der Waals surface area contributed by atoms with Crippen LogP contribution in [-0.2, 0) is 4.79 Å². The third-order valence-corrected chi connectivity index (χ3v) is 4.29. The van der Waals surface area contributed by atoms with Gasteiger partial charge in [-0.3, -0.25) is 4.79 Å². The zero-order valence-electron chi connectivity index (χ0n) is 14.3. The normalized spacial score (nSPS) is 17.8. The maximum Gasteiger partial charge on any atom is 0.220 e. The molecule has 24 heavy (non-hydrogen) atoms. The van der Waals surface area contributed by atoms with Crippen LogP contribution in [0, 0.1) is 11.8 Å². The average molecular weight is 377 g/mol. The van der Waals surface area contributed by atoms with Crippen LogP contribution in [0.3, 0.4) is 0 Å². The van der Waals surface area contributed by atoms with Gasteiger partial charge in [0.25, 0.3) is 0 Å². The number of nitrogens with one attached hydrogen (secondary N) is 3. The Morgan fingerprint density at radius 3 is 2.88 bits per heavy atom. The number of halogens is 2. The smallest absolute Gasteiger partial charge is 0.220 e. The van der Waals surface area contributed by atoms with Gasteiger partial charge in [0.15, 0.2) is 0 Å². The van der Waals surface area contributed by atoms with Crippen LogP contribution in [0.1, 0.15) is 32.6 Å². The molecule has 2 atom stereocenters. The molecule has 0 bridgehead atoms.